The van der Waals surface area contributed by atoms with E-state index in [1.165, 1.54) is 19.1 Å². The quantitative estimate of drug-likeness (QED) is 0.669. The summed E-state index contributed by atoms with van der Waals surface area (Å²) >= 11 is 0. The molecule has 3 rings (SSSR count). The zero-order valence-corrected chi connectivity index (χ0v) is 17.4. The lowest BCUT2D eigenvalue weighted by molar-refractivity contribution is -0.122. The van der Waals surface area contributed by atoms with Crippen molar-refractivity contribution in [3.63, 3.8) is 0 Å². The molecule has 2 aromatic rings. The third-order valence-electron chi connectivity index (χ3n) is 4.82. The number of amides is 1. The highest BCUT2D eigenvalue weighted by Crippen LogP contribution is 2.23. The number of hydrogen-bond donors (Lipinski definition) is 2. The predicted octanol–water partition coefficient (Wildman–Crippen LogP) is 1.44. The van der Waals surface area contributed by atoms with E-state index < -0.39 is 22.0 Å². The molecule has 1 aromatic heterocycles. The molecule has 0 bridgehead atoms. The van der Waals surface area contributed by atoms with Crippen LogP contribution in [0.5, 0.6) is 0 Å². The van der Waals surface area contributed by atoms with Crippen LogP contribution in [0.1, 0.15) is 24.5 Å². The van der Waals surface area contributed by atoms with Crippen molar-refractivity contribution in [1.29, 1.82) is 0 Å². The van der Waals surface area contributed by atoms with Crippen molar-refractivity contribution in [3.05, 3.63) is 54.0 Å². The van der Waals surface area contributed by atoms with Crippen molar-refractivity contribution in [1.82, 2.24) is 14.9 Å². The first-order valence-corrected chi connectivity index (χ1v) is 11.1. The fraction of sp³-hybridized carbons (Fsp3) is 0.450. The van der Waals surface area contributed by atoms with Crippen LogP contribution in [0.4, 0.5) is 0 Å². The lowest BCUT2D eigenvalue weighted by atomic mass is 10.1. The zero-order valence-electron chi connectivity index (χ0n) is 16.6. The highest BCUT2D eigenvalue weighted by atomic mass is 32.2. The van der Waals surface area contributed by atoms with Crippen molar-refractivity contribution in [2.45, 2.75) is 30.8 Å². The first-order chi connectivity index (χ1) is 13.9. The molecule has 1 fully saturated rings. The average Bonchev–Trinajstić information content (AvgIpc) is 3.15. The fourth-order valence-electron chi connectivity index (χ4n) is 3.24. The van der Waals surface area contributed by atoms with E-state index in [2.05, 4.69) is 14.9 Å². The summed E-state index contributed by atoms with van der Waals surface area (Å²) in [6.45, 7) is 6.42. The highest BCUT2D eigenvalue weighted by Gasteiger charge is 2.27. The second kappa shape index (κ2) is 9.53. The number of furan rings is 1. The number of hydrogen-bond acceptors (Lipinski definition) is 6. The summed E-state index contributed by atoms with van der Waals surface area (Å²) in [6.07, 6.45) is 0. The van der Waals surface area contributed by atoms with Gasteiger partial charge in [-0.2, -0.15) is 4.72 Å². The third-order valence-corrected chi connectivity index (χ3v) is 6.38. The zero-order chi connectivity index (χ0) is 20.9. The Bertz CT molecular complexity index is 907. The van der Waals surface area contributed by atoms with Gasteiger partial charge in [0, 0.05) is 19.6 Å². The maximum Gasteiger partial charge on any atom is 0.241 e. The average molecular weight is 422 g/mol. The largest absolute Gasteiger partial charge is 0.465 e. The monoisotopic (exact) mass is 421 g/mol. The molecule has 0 radical (unpaired) electrons. The molecule has 9 heteroatoms. The Kier molecular flexibility index (Phi) is 7.07. The van der Waals surface area contributed by atoms with Gasteiger partial charge in [-0.15, -0.1) is 0 Å². The van der Waals surface area contributed by atoms with Crippen LogP contribution in [0.15, 0.2) is 51.8 Å². The molecule has 2 N–H and O–H groups in total. The number of aryl methyl sites for hydroxylation is 1. The second-order valence-electron chi connectivity index (χ2n) is 7.01. The Balaban J connectivity index is 1.63. The number of ether oxygens (including phenoxy) is 1. The van der Waals surface area contributed by atoms with Crippen LogP contribution in [-0.4, -0.2) is 58.1 Å². The van der Waals surface area contributed by atoms with E-state index in [1.54, 1.807) is 18.2 Å². The maximum absolute atomic E-state index is 12.6. The normalized spacial score (nSPS) is 17.6. The molecule has 1 saturated heterocycles. The van der Waals surface area contributed by atoms with Gasteiger partial charge < -0.3 is 14.5 Å². The molecule has 8 nitrogen and oxygen atoms in total. The molecule has 1 amide bonds. The summed E-state index contributed by atoms with van der Waals surface area (Å²) in [5.74, 6) is 1.17. The van der Waals surface area contributed by atoms with Gasteiger partial charge >= 0.3 is 0 Å². The second-order valence-corrected chi connectivity index (χ2v) is 8.73. The number of nitrogens with one attached hydrogen (secondary N) is 2. The number of nitrogens with zero attached hydrogens (tertiary/aromatic N) is 1. The lowest BCUT2D eigenvalue weighted by Gasteiger charge is -2.33. The van der Waals surface area contributed by atoms with Crippen LogP contribution >= 0.6 is 0 Å². The van der Waals surface area contributed by atoms with Gasteiger partial charge in [-0.3, -0.25) is 9.69 Å². The summed E-state index contributed by atoms with van der Waals surface area (Å²) < 4.78 is 38.5. The number of carbonyl (C=O) groups is 1. The number of carbonyl (C=O) groups excluding carboxylic acids is 1. The standard InChI is InChI=1S/C20H27N3O5S/c1-15-8-9-19(28-15)18(23-10-12-27-13-11-23)14-21-20(24)16(2)22-29(25,26)17-6-4-3-5-7-17/h3-9,16,18,22H,10-14H2,1-2H3,(H,21,24)/t16-,18?/m0/s1. The Labute approximate surface area is 171 Å². The summed E-state index contributed by atoms with van der Waals surface area (Å²) in [5, 5.41) is 2.85. The minimum absolute atomic E-state index is 0.122. The van der Waals surface area contributed by atoms with E-state index in [0.29, 0.717) is 19.8 Å². The number of morpholine rings is 1. The topological polar surface area (TPSA) is 101 Å². The van der Waals surface area contributed by atoms with Gasteiger partial charge in [-0.05, 0) is 38.1 Å². The van der Waals surface area contributed by atoms with Crippen LogP contribution in [0, 0.1) is 6.92 Å². The summed E-state index contributed by atoms with van der Waals surface area (Å²) in [4.78, 5) is 14.9. The first-order valence-electron chi connectivity index (χ1n) is 9.60. The molecule has 1 aromatic carbocycles. The fourth-order valence-corrected chi connectivity index (χ4v) is 4.46. The van der Waals surface area contributed by atoms with Gasteiger partial charge in [0.15, 0.2) is 0 Å². The van der Waals surface area contributed by atoms with Gasteiger partial charge in [-0.25, -0.2) is 8.42 Å². The van der Waals surface area contributed by atoms with Crippen LogP contribution < -0.4 is 10.0 Å². The van der Waals surface area contributed by atoms with E-state index in [1.807, 2.05) is 19.1 Å². The summed E-state index contributed by atoms with van der Waals surface area (Å²) in [7, 11) is -3.77. The number of rotatable bonds is 8. The molecule has 1 unspecified atom stereocenters. The van der Waals surface area contributed by atoms with Crippen molar-refractivity contribution in [2.24, 2.45) is 0 Å². The van der Waals surface area contributed by atoms with Crippen LogP contribution in [-0.2, 0) is 19.6 Å². The number of benzene rings is 1. The predicted molar refractivity (Wildman–Crippen MR) is 108 cm³/mol. The first kappa shape index (κ1) is 21.5. The van der Waals surface area contributed by atoms with Crippen molar-refractivity contribution in [2.75, 3.05) is 32.8 Å². The third kappa shape index (κ3) is 5.66. The molecule has 2 heterocycles. The summed E-state index contributed by atoms with van der Waals surface area (Å²) in [6, 6.07) is 10.7. The Morgan fingerprint density at radius 3 is 2.45 bits per heavy atom. The Morgan fingerprint density at radius 2 is 1.83 bits per heavy atom. The van der Waals surface area contributed by atoms with Crippen molar-refractivity contribution < 1.29 is 22.4 Å². The molecule has 1 aliphatic heterocycles. The van der Waals surface area contributed by atoms with Gasteiger partial charge in [0.25, 0.3) is 0 Å². The van der Waals surface area contributed by atoms with Crippen LogP contribution in [0.25, 0.3) is 0 Å². The number of sulfonamides is 1. The van der Waals surface area contributed by atoms with Gasteiger partial charge in [-0.1, -0.05) is 18.2 Å². The molecular weight excluding hydrogens is 394 g/mol. The minimum atomic E-state index is -3.77. The molecule has 1 aliphatic rings. The molecule has 0 saturated carbocycles. The molecular formula is C20H27N3O5S. The van der Waals surface area contributed by atoms with Gasteiger partial charge in [0.2, 0.25) is 15.9 Å². The minimum Gasteiger partial charge on any atom is -0.465 e. The molecule has 29 heavy (non-hydrogen) atoms. The van der Waals surface area contributed by atoms with Crippen molar-refractivity contribution in [3.8, 4) is 0 Å². The van der Waals surface area contributed by atoms with E-state index in [9.17, 15) is 13.2 Å². The molecule has 158 valence electrons. The van der Waals surface area contributed by atoms with E-state index in [4.69, 9.17) is 9.15 Å². The van der Waals surface area contributed by atoms with Crippen molar-refractivity contribution >= 4 is 15.9 Å². The van der Waals surface area contributed by atoms with E-state index >= 15 is 0 Å². The molecule has 0 spiro atoms. The smallest absolute Gasteiger partial charge is 0.241 e. The lowest BCUT2D eigenvalue weighted by Crippen LogP contribution is -2.48. The van der Waals surface area contributed by atoms with Crippen LogP contribution in [0.2, 0.25) is 0 Å². The molecule has 2 atom stereocenters. The maximum atomic E-state index is 12.6. The van der Waals surface area contributed by atoms with Crippen LogP contribution in [0.3, 0.4) is 0 Å². The molecule has 0 aliphatic carbocycles. The highest BCUT2D eigenvalue weighted by molar-refractivity contribution is 7.89. The SMILES string of the molecule is Cc1ccc(C(CNC(=O)[C@H](C)NS(=O)(=O)c2ccccc2)N2CCOCC2)o1. The summed E-state index contributed by atoms with van der Waals surface area (Å²) in [5.41, 5.74) is 0. The Morgan fingerprint density at radius 1 is 1.14 bits per heavy atom. The van der Waals surface area contributed by atoms with E-state index in [-0.39, 0.29) is 10.9 Å². The van der Waals surface area contributed by atoms with Gasteiger partial charge in [0.1, 0.15) is 11.5 Å². The van der Waals surface area contributed by atoms with Gasteiger partial charge in [0.05, 0.1) is 30.2 Å². The van der Waals surface area contributed by atoms with E-state index in [0.717, 1.165) is 24.6 Å². The Hall–Kier alpha value is -2.20.